The molecular formula is C6H14N2O8PtS2. The number of rotatable bonds is 0. The van der Waals surface area contributed by atoms with Crippen molar-refractivity contribution in [2.45, 2.75) is 37.8 Å². The molecule has 1 aliphatic carbocycles. The molecule has 0 aliphatic heterocycles. The Morgan fingerprint density at radius 1 is 0.737 bits per heavy atom. The van der Waals surface area contributed by atoms with Crippen molar-refractivity contribution in [2.75, 3.05) is 0 Å². The first-order valence-electron chi connectivity index (χ1n) is 4.62. The molecule has 0 atom stereocenters. The normalized spacial score (nSPS) is 17.8. The number of hydrogen-bond acceptors (Lipinski definition) is 10. The van der Waals surface area contributed by atoms with Gasteiger partial charge in [0.2, 0.25) is 0 Å². The Balaban J connectivity index is -0.000000208. The summed E-state index contributed by atoms with van der Waals surface area (Å²) >= 11 is 0. The van der Waals surface area contributed by atoms with Crippen molar-refractivity contribution in [3.63, 3.8) is 0 Å². The van der Waals surface area contributed by atoms with Crippen LogP contribution >= 0.6 is 0 Å². The van der Waals surface area contributed by atoms with Gasteiger partial charge in [-0.15, -0.1) is 0 Å². The van der Waals surface area contributed by atoms with Crippen molar-refractivity contribution in [3.05, 3.63) is 0 Å². The smallest absolute Gasteiger partial charge is 0.759 e. The van der Waals surface area contributed by atoms with Crippen LogP contribution in [0.25, 0.3) is 0 Å². The maximum absolute atomic E-state index is 8.52. The molecule has 0 saturated heterocycles. The average Bonchev–Trinajstić information content (AvgIpc) is 1.96. The van der Waals surface area contributed by atoms with E-state index in [0.717, 1.165) is 12.8 Å². The zero-order chi connectivity index (χ0) is 15.0. The third kappa shape index (κ3) is 45.8. The molecule has 0 heterocycles. The van der Waals surface area contributed by atoms with Gasteiger partial charge < -0.3 is 29.7 Å². The summed E-state index contributed by atoms with van der Waals surface area (Å²) in [6.07, 6.45) is 5.76. The van der Waals surface area contributed by atoms with Gasteiger partial charge in [-0.1, -0.05) is 19.3 Å². The topological polar surface area (TPSA) is 213 Å². The van der Waals surface area contributed by atoms with E-state index in [0.29, 0.717) is 0 Å². The molecule has 0 spiro atoms. The molecule has 0 amide bonds. The fraction of sp³-hybridized carbons (Fsp3) is 1.00. The monoisotopic (exact) mass is 501 g/mol. The summed E-state index contributed by atoms with van der Waals surface area (Å²) in [4.78, 5) is 0. The predicted molar refractivity (Wildman–Crippen MR) is 55.1 cm³/mol. The Bertz CT molecular complexity index is 367. The van der Waals surface area contributed by atoms with Crippen LogP contribution in [0.3, 0.4) is 0 Å². The Hall–Kier alpha value is 0.348. The molecule has 0 unspecified atom stereocenters. The number of hydrogen-bond donors (Lipinski definition) is 2. The van der Waals surface area contributed by atoms with Crippen LogP contribution in [0.2, 0.25) is 0 Å². The molecule has 0 aromatic carbocycles. The Labute approximate surface area is 126 Å². The van der Waals surface area contributed by atoms with Crippen LogP contribution in [0, 0.1) is 0 Å². The van der Waals surface area contributed by atoms with Crippen molar-refractivity contribution in [1.82, 2.24) is 0 Å². The van der Waals surface area contributed by atoms with E-state index >= 15 is 0 Å². The third-order valence-electron chi connectivity index (χ3n) is 1.78. The Kier molecular flexibility index (Phi) is 13.0. The van der Waals surface area contributed by atoms with Gasteiger partial charge in [0.15, 0.2) is 0 Å². The molecule has 0 radical (unpaired) electrons. The minimum absolute atomic E-state index is 0. The number of nitrogens with two attached hydrogens (primary N) is 2. The van der Waals surface area contributed by atoms with E-state index in [2.05, 4.69) is 0 Å². The molecule has 118 valence electrons. The van der Waals surface area contributed by atoms with Crippen molar-refractivity contribution < 1.29 is 56.1 Å². The fourth-order valence-electron chi connectivity index (χ4n) is 1.21. The van der Waals surface area contributed by atoms with Crippen LogP contribution in [-0.4, -0.2) is 40.7 Å². The third-order valence-corrected chi connectivity index (χ3v) is 1.78. The van der Waals surface area contributed by atoms with Crippen LogP contribution in [0.5, 0.6) is 0 Å². The van der Waals surface area contributed by atoms with Gasteiger partial charge in [-0.2, -0.15) is 0 Å². The SMILES string of the molecule is NC1(N)CCCCC1.O=S(=O)([O-])[O-].O=S(=O)([O-])[O-].[Pt+4]. The van der Waals surface area contributed by atoms with Gasteiger partial charge in [0.05, 0.1) is 5.66 Å². The van der Waals surface area contributed by atoms with Crippen LogP contribution < -0.4 is 11.5 Å². The first-order chi connectivity index (χ1) is 7.71. The second kappa shape index (κ2) is 10.1. The fourth-order valence-corrected chi connectivity index (χ4v) is 1.21. The van der Waals surface area contributed by atoms with E-state index < -0.39 is 20.8 Å². The van der Waals surface area contributed by atoms with Crippen molar-refractivity contribution >= 4 is 20.8 Å². The summed E-state index contributed by atoms with van der Waals surface area (Å²) in [7, 11) is -10.3. The Morgan fingerprint density at radius 3 is 1.05 bits per heavy atom. The molecule has 1 saturated carbocycles. The average molecular weight is 501 g/mol. The summed E-state index contributed by atoms with van der Waals surface area (Å²) in [5.74, 6) is 0. The van der Waals surface area contributed by atoms with Crippen LogP contribution in [0.15, 0.2) is 0 Å². The first-order valence-corrected chi connectivity index (χ1v) is 7.28. The van der Waals surface area contributed by atoms with E-state index in [1.54, 1.807) is 0 Å². The van der Waals surface area contributed by atoms with Crippen LogP contribution in [0.4, 0.5) is 0 Å². The summed E-state index contributed by atoms with van der Waals surface area (Å²) in [6.45, 7) is 0. The van der Waals surface area contributed by atoms with Crippen molar-refractivity contribution in [1.29, 1.82) is 0 Å². The van der Waals surface area contributed by atoms with E-state index in [1.807, 2.05) is 0 Å². The second-order valence-electron chi connectivity index (χ2n) is 3.61. The molecule has 10 nitrogen and oxygen atoms in total. The molecule has 0 bridgehead atoms. The largest absolute Gasteiger partial charge is 4.00 e. The minimum atomic E-state index is -5.17. The van der Waals surface area contributed by atoms with E-state index in [9.17, 15) is 0 Å². The van der Waals surface area contributed by atoms with Gasteiger partial charge in [-0.3, -0.25) is 16.8 Å². The molecule has 19 heavy (non-hydrogen) atoms. The van der Waals surface area contributed by atoms with Crippen molar-refractivity contribution in [2.24, 2.45) is 11.5 Å². The second-order valence-corrected chi connectivity index (χ2v) is 5.24. The van der Waals surface area contributed by atoms with E-state index in [-0.39, 0.29) is 26.7 Å². The zero-order valence-corrected chi connectivity index (χ0v) is 13.5. The first kappa shape index (κ1) is 24.4. The molecule has 1 aliphatic rings. The zero-order valence-electron chi connectivity index (χ0n) is 9.59. The maximum Gasteiger partial charge on any atom is 4.00 e. The molecule has 4 N–H and O–H groups in total. The van der Waals surface area contributed by atoms with E-state index in [4.69, 9.17) is 46.5 Å². The Morgan fingerprint density at radius 2 is 0.947 bits per heavy atom. The molecule has 1 fully saturated rings. The van der Waals surface area contributed by atoms with Crippen LogP contribution in [0.1, 0.15) is 32.1 Å². The summed E-state index contributed by atoms with van der Waals surface area (Å²) < 4.78 is 68.2. The molecule has 13 heteroatoms. The van der Waals surface area contributed by atoms with Crippen molar-refractivity contribution in [3.8, 4) is 0 Å². The molecule has 0 aromatic rings. The molecular weight excluding hydrogens is 487 g/mol. The van der Waals surface area contributed by atoms with Gasteiger partial charge in [-0.25, -0.2) is 0 Å². The van der Waals surface area contributed by atoms with Crippen LogP contribution in [-0.2, 0) is 41.9 Å². The summed E-state index contributed by atoms with van der Waals surface area (Å²) in [5.41, 5.74) is 11.0. The molecule has 1 rings (SSSR count). The van der Waals surface area contributed by atoms with Gasteiger partial charge in [0.1, 0.15) is 0 Å². The van der Waals surface area contributed by atoms with Gasteiger partial charge >= 0.3 is 21.1 Å². The summed E-state index contributed by atoms with van der Waals surface area (Å²) in [5, 5.41) is 0. The maximum atomic E-state index is 8.52. The van der Waals surface area contributed by atoms with Gasteiger partial charge in [0, 0.05) is 20.8 Å². The predicted octanol–water partition coefficient (Wildman–Crippen LogP) is -2.11. The summed E-state index contributed by atoms with van der Waals surface area (Å²) in [6, 6.07) is 0. The van der Waals surface area contributed by atoms with Gasteiger partial charge in [-0.05, 0) is 12.8 Å². The quantitative estimate of drug-likeness (QED) is 0.209. The van der Waals surface area contributed by atoms with E-state index in [1.165, 1.54) is 19.3 Å². The molecule has 0 aromatic heterocycles. The minimum Gasteiger partial charge on any atom is -0.759 e. The van der Waals surface area contributed by atoms with Gasteiger partial charge in [0.25, 0.3) is 0 Å². The standard InChI is InChI=1S/C6H14N2.2H2O4S.Pt/c7-6(8)4-2-1-3-5-6;2*1-5(2,3)4;/h1-5,7-8H2;2*(H2,1,2,3,4);/q;;;+4/p-4.